The molecule has 1 aromatic carbocycles. The summed E-state index contributed by atoms with van der Waals surface area (Å²) in [6.45, 7) is 3.02. The fourth-order valence-corrected chi connectivity index (χ4v) is 2.53. The average Bonchev–Trinajstić information content (AvgIpc) is 2.47. The van der Waals surface area contributed by atoms with Crippen LogP contribution in [-0.4, -0.2) is 11.5 Å². The molecule has 0 aliphatic heterocycles. The smallest absolute Gasteiger partial charge is 0.0595 e. The number of aromatic nitrogens is 1. The molecule has 1 unspecified atom stereocenters. The highest BCUT2D eigenvalue weighted by atomic mass is 35.5. The van der Waals surface area contributed by atoms with Gasteiger partial charge in [0.2, 0.25) is 0 Å². The van der Waals surface area contributed by atoms with E-state index >= 15 is 0 Å². The molecule has 0 spiro atoms. The molecule has 0 aliphatic rings. The Labute approximate surface area is 130 Å². The van der Waals surface area contributed by atoms with E-state index in [1.54, 1.807) is 6.20 Å². The Morgan fingerprint density at radius 2 is 2.05 bits per heavy atom. The number of hydrogen-bond donors (Lipinski definition) is 1. The summed E-state index contributed by atoms with van der Waals surface area (Å²) in [5, 5.41) is 4.69. The second-order valence-electron chi connectivity index (χ2n) is 4.68. The molecular weight excluding hydrogens is 291 g/mol. The minimum Gasteiger partial charge on any atom is -0.310 e. The lowest BCUT2D eigenvalue weighted by Crippen LogP contribution is -2.21. The molecule has 2 aromatic rings. The van der Waals surface area contributed by atoms with Crippen molar-refractivity contribution in [3.05, 3.63) is 63.9 Å². The van der Waals surface area contributed by atoms with Gasteiger partial charge in [-0.2, -0.15) is 0 Å². The highest BCUT2D eigenvalue weighted by Crippen LogP contribution is 2.27. The Morgan fingerprint density at radius 1 is 1.20 bits per heavy atom. The molecule has 0 radical (unpaired) electrons. The Kier molecular flexibility index (Phi) is 5.84. The number of hydrogen-bond acceptors (Lipinski definition) is 2. The number of pyridine rings is 1. The van der Waals surface area contributed by atoms with E-state index in [1.807, 2.05) is 30.5 Å². The number of aryl methyl sites for hydroxylation is 1. The number of nitrogens with zero attached hydrogens (tertiary/aromatic N) is 1. The molecule has 1 N–H and O–H groups in total. The van der Waals surface area contributed by atoms with E-state index < -0.39 is 0 Å². The standard InChI is InChI=1S/C16H18Cl2N2/c1-2-20-16(8-5-12-4-3-9-19-11-12)13-6-7-14(17)15(18)10-13/h3-4,6-7,9-11,16,20H,2,5,8H2,1H3. The second kappa shape index (κ2) is 7.63. The van der Waals surface area contributed by atoms with E-state index in [2.05, 4.69) is 23.3 Å². The molecule has 0 amide bonds. The van der Waals surface area contributed by atoms with Crippen molar-refractivity contribution in [2.45, 2.75) is 25.8 Å². The first kappa shape index (κ1) is 15.3. The van der Waals surface area contributed by atoms with Crippen LogP contribution in [0, 0.1) is 0 Å². The molecule has 2 nitrogen and oxygen atoms in total. The maximum Gasteiger partial charge on any atom is 0.0595 e. The molecule has 0 saturated heterocycles. The van der Waals surface area contributed by atoms with E-state index in [1.165, 1.54) is 11.1 Å². The summed E-state index contributed by atoms with van der Waals surface area (Å²) < 4.78 is 0. The van der Waals surface area contributed by atoms with Crippen LogP contribution < -0.4 is 5.32 Å². The van der Waals surface area contributed by atoms with Gasteiger partial charge < -0.3 is 5.32 Å². The van der Waals surface area contributed by atoms with Crippen molar-refractivity contribution in [2.75, 3.05) is 6.54 Å². The van der Waals surface area contributed by atoms with Crippen LogP contribution in [-0.2, 0) is 6.42 Å². The SMILES string of the molecule is CCNC(CCc1cccnc1)c1ccc(Cl)c(Cl)c1. The second-order valence-corrected chi connectivity index (χ2v) is 5.50. The maximum atomic E-state index is 6.11. The predicted molar refractivity (Wildman–Crippen MR) is 85.4 cm³/mol. The van der Waals surface area contributed by atoms with Crippen LogP contribution in [0.5, 0.6) is 0 Å². The summed E-state index contributed by atoms with van der Waals surface area (Å²) >= 11 is 12.1. The van der Waals surface area contributed by atoms with Gasteiger partial charge in [0, 0.05) is 18.4 Å². The zero-order valence-corrected chi connectivity index (χ0v) is 13.0. The Balaban J connectivity index is 2.08. The molecule has 0 bridgehead atoms. The van der Waals surface area contributed by atoms with Crippen molar-refractivity contribution >= 4 is 23.2 Å². The van der Waals surface area contributed by atoms with Crippen molar-refractivity contribution < 1.29 is 0 Å². The van der Waals surface area contributed by atoms with Crippen molar-refractivity contribution in [3.63, 3.8) is 0 Å². The normalized spacial score (nSPS) is 12.3. The van der Waals surface area contributed by atoms with Gasteiger partial charge in [-0.15, -0.1) is 0 Å². The number of benzene rings is 1. The van der Waals surface area contributed by atoms with Crippen LogP contribution in [0.1, 0.15) is 30.5 Å². The minimum atomic E-state index is 0.273. The lowest BCUT2D eigenvalue weighted by Gasteiger charge is -2.19. The van der Waals surface area contributed by atoms with Gasteiger partial charge in [-0.3, -0.25) is 4.98 Å². The fraction of sp³-hybridized carbons (Fsp3) is 0.312. The van der Waals surface area contributed by atoms with Gasteiger partial charge in [0.05, 0.1) is 10.0 Å². The topological polar surface area (TPSA) is 24.9 Å². The van der Waals surface area contributed by atoms with Gasteiger partial charge in [-0.1, -0.05) is 42.3 Å². The number of halogens is 2. The average molecular weight is 309 g/mol. The summed E-state index contributed by atoms with van der Waals surface area (Å²) in [6, 6.07) is 10.2. The molecule has 0 aliphatic carbocycles. The van der Waals surface area contributed by atoms with E-state index in [0.29, 0.717) is 10.0 Å². The first-order valence-corrected chi connectivity index (χ1v) is 7.53. The molecular formula is C16H18Cl2N2. The highest BCUT2D eigenvalue weighted by molar-refractivity contribution is 6.42. The van der Waals surface area contributed by atoms with Crippen LogP contribution in [0.25, 0.3) is 0 Å². The van der Waals surface area contributed by atoms with Crippen LogP contribution in [0.3, 0.4) is 0 Å². The summed E-state index contributed by atoms with van der Waals surface area (Å²) in [6.07, 6.45) is 5.69. The van der Waals surface area contributed by atoms with E-state index in [9.17, 15) is 0 Å². The van der Waals surface area contributed by atoms with Gasteiger partial charge in [0.1, 0.15) is 0 Å². The molecule has 1 aromatic heterocycles. The van der Waals surface area contributed by atoms with Crippen LogP contribution >= 0.6 is 23.2 Å². The summed E-state index contributed by atoms with van der Waals surface area (Å²) in [7, 11) is 0. The number of nitrogens with one attached hydrogen (secondary N) is 1. The first-order valence-electron chi connectivity index (χ1n) is 6.78. The molecule has 2 rings (SSSR count). The van der Waals surface area contributed by atoms with Gasteiger partial charge in [-0.05, 0) is 48.7 Å². The molecule has 0 saturated carbocycles. The van der Waals surface area contributed by atoms with E-state index in [-0.39, 0.29) is 6.04 Å². The van der Waals surface area contributed by atoms with Gasteiger partial charge in [-0.25, -0.2) is 0 Å². The highest BCUT2D eigenvalue weighted by Gasteiger charge is 2.12. The van der Waals surface area contributed by atoms with Crippen molar-refractivity contribution in [3.8, 4) is 0 Å². The van der Waals surface area contributed by atoms with Crippen LogP contribution in [0.15, 0.2) is 42.7 Å². The summed E-state index contributed by atoms with van der Waals surface area (Å²) in [4.78, 5) is 4.15. The molecule has 0 fully saturated rings. The monoisotopic (exact) mass is 308 g/mol. The fourth-order valence-electron chi connectivity index (χ4n) is 2.22. The molecule has 1 heterocycles. The lowest BCUT2D eigenvalue weighted by atomic mass is 9.99. The molecule has 1 atom stereocenters. The van der Waals surface area contributed by atoms with Crippen molar-refractivity contribution in [2.24, 2.45) is 0 Å². The Morgan fingerprint density at radius 3 is 2.70 bits per heavy atom. The quantitative estimate of drug-likeness (QED) is 0.838. The Hall–Kier alpha value is -1.09. The summed E-state index contributed by atoms with van der Waals surface area (Å²) in [5.41, 5.74) is 2.42. The van der Waals surface area contributed by atoms with Crippen LogP contribution in [0.2, 0.25) is 10.0 Å². The minimum absolute atomic E-state index is 0.273. The van der Waals surface area contributed by atoms with Crippen molar-refractivity contribution in [1.29, 1.82) is 0 Å². The largest absolute Gasteiger partial charge is 0.310 e. The molecule has 106 valence electrons. The number of rotatable bonds is 6. The van der Waals surface area contributed by atoms with Gasteiger partial charge in [0.25, 0.3) is 0 Å². The third-order valence-electron chi connectivity index (χ3n) is 3.24. The van der Waals surface area contributed by atoms with Crippen LogP contribution in [0.4, 0.5) is 0 Å². The lowest BCUT2D eigenvalue weighted by molar-refractivity contribution is 0.515. The molecule has 4 heteroatoms. The van der Waals surface area contributed by atoms with E-state index in [4.69, 9.17) is 23.2 Å². The van der Waals surface area contributed by atoms with Gasteiger partial charge in [0.15, 0.2) is 0 Å². The van der Waals surface area contributed by atoms with Crippen molar-refractivity contribution in [1.82, 2.24) is 10.3 Å². The third kappa shape index (κ3) is 4.20. The van der Waals surface area contributed by atoms with Gasteiger partial charge >= 0.3 is 0 Å². The molecule has 20 heavy (non-hydrogen) atoms. The Bertz CT molecular complexity index is 543. The predicted octanol–water partition coefficient (Wildman–Crippen LogP) is 4.67. The van der Waals surface area contributed by atoms with E-state index in [0.717, 1.165) is 19.4 Å². The summed E-state index contributed by atoms with van der Waals surface area (Å²) in [5.74, 6) is 0. The third-order valence-corrected chi connectivity index (χ3v) is 3.98. The zero-order valence-electron chi connectivity index (χ0n) is 11.4. The maximum absolute atomic E-state index is 6.11. The zero-order chi connectivity index (χ0) is 14.4. The first-order chi connectivity index (χ1) is 9.70.